The Hall–Kier alpha value is -0.860. The predicted octanol–water partition coefficient (Wildman–Crippen LogP) is 2.56. The molecule has 0 aliphatic rings. The SMILES string of the molecule is O=C(C#CBr)NCc1cc(Br)ccc1F. The molecular weight excluding hydrogens is 329 g/mol. The summed E-state index contributed by atoms with van der Waals surface area (Å²) in [5.74, 6) is 1.42. The molecule has 0 aromatic heterocycles. The van der Waals surface area contributed by atoms with Crippen LogP contribution in [0.25, 0.3) is 0 Å². The molecule has 0 aliphatic carbocycles. The number of hydrogen-bond donors (Lipinski definition) is 1. The largest absolute Gasteiger partial charge is 0.341 e. The van der Waals surface area contributed by atoms with Gasteiger partial charge in [-0.05, 0) is 23.0 Å². The molecule has 0 aliphatic heterocycles. The van der Waals surface area contributed by atoms with Crippen LogP contribution in [0.1, 0.15) is 5.56 Å². The number of benzene rings is 1. The van der Waals surface area contributed by atoms with E-state index in [4.69, 9.17) is 0 Å². The summed E-state index contributed by atoms with van der Waals surface area (Å²) in [7, 11) is 0. The number of rotatable bonds is 2. The number of carbonyl (C=O) groups is 1. The van der Waals surface area contributed by atoms with Gasteiger partial charge in [-0.15, -0.1) is 0 Å². The highest BCUT2D eigenvalue weighted by atomic mass is 79.9. The molecule has 0 saturated heterocycles. The first-order chi connectivity index (χ1) is 7.13. The van der Waals surface area contributed by atoms with Crippen LogP contribution >= 0.6 is 31.9 Å². The summed E-state index contributed by atoms with van der Waals surface area (Å²) >= 11 is 6.02. The molecule has 5 heteroatoms. The lowest BCUT2D eigenvalue weighted by Gasteiger charge is -2.03. The van der Waals surface area contributed by atoms with E-state index < -0.39 is 5.91 Å². The molecule has 78 valence electrons. The third kappa shape index (κ3) is 4.02. The molecule has 1 amide bonds. The summed E-state index contributed by atoms with van der Waals surface area (Å²) in [5, 5.41) is 2.46. The summed E-state index contributed by atoms with van der Waals surface area (Å²) in [6.45, 7) is 0.117. The average molecular weight is 335 g/mol. The van der Waals surface area contributed by atoms with Gasteiger partial charge in [-0.3, -0.25) is 4.79 Å². The Morgan fingerprint density at radius 3 is 2.93 bits per heavy atom. The highest BCUT2D eigenvalue weighted by molar-refractivity contribution is 9.12. The van der Waals surface area contributed by atoms with E-state index in [9.17, 15) is 9.18 Å². The molecule has 1 aromatic carbocycles. The minimum atomic E-state index is -0.453. The maximum Gasteiger partial charge on any atom is 0.297 e. The highest BCUT2D eigenvalue weighted by Gasteiger charge is 2.03. The standard InChI is InChI=1S/C10H6Br2FNO/c11-4-3-10(15)14-6-7-5-8(12)1-2-9(7)13/h1-2,5H,6H2,(H,14,15). The van der Waals surface area contributed by atoms with Gasteiger partial charge in [0.05, 0.1) is 0 Å². The predicted molar refractivity (Wildman–Crippen MR) is 62.6 cm³/mol. The van der Waals surface area contributed by atoms with Crippen LogP contribution in [-0.4, -0.2) is 5.91 Å². The fourth-order valence-electron chi connectivity index (χ4n) is 0.941. The minimum Gasteiger partial charge on any atom is -0.341 e. The molecular formula is C10H6Br2FNO. The van der Waals surface area contributed by atoms with Gasteiger partial charge in [-0.2, -0.15) is 0 Å². The summed E-state index contributed by atoms with van der Waals surface area (Å²) in [5.41, 5.74) is 0.411. The van der Waals surface area contributed by atoms with Crippen LogP contribution in [0.3, 0.4) is 0 Å². The summed E-state index contributed by atoms with van der Waals surface area (Å²) < 4.78 is 14.0. The molecule has 15 heavy (non-hydrogen) atoms. The van der Waals surface area contributed by atoms with Crippen LogP contribution in [0, 0.1) is 16.6 Å². The quantitative estimate of drug-likeness (QED) is 0.827. The van der Waals surface area contributed by atoms with Crippen molar-refractivity contribution in [2.24, 2.45) is 0 Å². The second kappa shape index (κ2) is 5.89. The molecule has 0 spiro atoms. The molecule has 0 fully saturated rings. The lowest BCUT2D eigenvalue weighted by Crippen LogP contribution is -2.21. The van der Waals surface area contributed by atoms with Gasteiger partial charge in [0.2, 0.25) is 0 Å². The lowest BCUT2D eigenvalue weighted by molar-refractivity contribution is -0.115. The molecule has 0 bridgehead atoms. The lowest BCUT2D eigenvalue weighted by atomic mass is 10.2. The van der Waals surface area contributed by atoms with E-state index >= 15 is 0 Å². The van der Waals surface area contributed by atoms with Crippen LogP contribution in [0.2, 0.25) is 0 Å². The van der Waals surface area contributed by atoms with Crippen LogP contribution in [0.4, 0.5) is 4.39 Å². The molecule has 0 saturated carbocycles. The maximum atomic E-state index is 13.2. The summed E-state index contributed by atoms with van der Waals surface area (Å²) in [4.78, 5) is 13.2. The zero-order chi connectivity index (χ0) is 11.3. The fourth-order valence-corrected chi connectivity index (χ4v) is 1.53. The first kappa shape index (κ1) is 12.2. The Morgan fingerprint density at radius 2 is 2.27 bits per heavy atom. The van der Waals surface area contributed by atoms with Gasteiger partial charge in [0, 0.05) is 38.4 Å². The Balaban J connectivity index is 2.67. The normalized spacial score (nSPS) is 9.00. The number of amides is 1. The van der Waals surface area contributed by atoms with E-state index in [-0.39, 0.29) is 12.4 Å². The average Bonchev–Trinajstić information content (AvgIpc) is 2.20. The van der Waals surface area contributed by atoms with Crippen molar-refractivity contribution in [3.63, 3.8) is 0 Å². The van der Waals surface area contributed by atoms with Crippen LogP contribution in [-0.2, 0) is 11.3 Å². The second-order valence-electron chi connectivity index (χ2n) is 2.64. The van der Waals surface area contributed by atoms with Gasteiger partial charge in [0.25, 0.3) is 5.91 Å². The van der Waals surface area contributed by atoms with Crippen molar-refractivity contribution in [3.8, 4) is 10.8 Å². The van der Waals surface area contributed by atoms with Crippen molar-refractivity contribution in [3.05, 3.63) is 34.1 Å². The molecule has 0 unspecified atom stereocenters. The van der Waals surface area contributed by atoms with E-state index in [0.717, 1.165) is 4.47 Å². The number of nitrogens with one attached hydrogen (secondary N) is 1. The topological polar surface area (TPSA) is 29.1 Å². The molecule has 1 aromatic rings. The number of carbonyl (C=O) groups excluding carboxylic acids is 1. The molecule has 0 atom stereocenters. The van der Waals surface area contributed by atoms with E-state index in [1.165, 1.54) is 6.07 Å². The molecule has 1 rings (SSSR count). The van der Waals surface area contributed by atoms with Gasteiger partial charge in [0.15, 0.2) is 0 Å². The highest BCUT2D eigenvalue weighted by Crippen LogP contribution is 2.15. The third-order valence-electron chi connectivity index (χ3n) is 1.61. The molecule has 0 radical (unpaired) electrons. The molecule has 0 heterocycles. The van der Waals surface area contributed by atoms with Gasteiger partial charge in [-0.1, -0.05) is 15.9 Å². The third-order valence-corrected chi connectivity index (χ3v) is 2.30. The van der Waals surface area contributed by atoms with Crippen molar-refractivity contribution in [2.45, 2.75) is 6.54 Å². The second-order valence-corrected chi connectivity index (χ2v) is 3.95. The van der Waals surface area contributed by atoms with Crippen molar-refractivity contribution in [2.75, 3.05) is 0 Å². The van der Waals surface area contributed by atoms with E-state index in [1.807, 2.05) is 0 Å². The first-order valence-corrected chi connectivity index (χ1v) is 5.55. The van der Waals surface area contributed by atoms with E-state index in [1.54, 1.807) is 12.1 Å². The van der Waals surface area contributed by atoms with E-state index in [2.05, 4.69) is 47.9 Å². The van der Waals surface area contributed by atoms with E-state index in [0.29, 0.717) is 5.56 Å². The van der Waals surface area contributed by atoms with Gasteiger partial charge in [-0.25, -0.2) is 4.39 Å². The smallest absolute Gasteiger partial charge is 0.297 e. The van der Waals surface area contributed by atoms with Crippen molar-refractivity contribution >= 4 is 37.8 Å². The Kier molecular flexibility index (Phi) is 4.79. The van der Waals surface area contributed by atoms with Gasteiger partial charge in [0.1, 0.15) is 5.82 Å². The fraction of sp³-hybridized carbons (Fsp3) is 0.100. The van der Waals surface area contributed by atoms with Crippen molar-refractivity contribution < 1.29 is 9.18 Å². The maximum absolute atomic E-state index is 13.2. The van der Waals surface area contributed by atoms with Crippen molar-refractivity contribution in [1.29, 1.82) is 0 Å². The minimum absolute atomic E-state index is 0.117. The molecule has 1 N–H and O–H groups in total. The summed E-state index contributed by atoms with van der Waals surface area (Å²) in [6, 6.07) is 4.54. The van der Waals surface area contributed by atoms with Crippen LogP contribution in [0.5, 0.6) is 0 Å². The molecule has 2 nitrogen and oxygen atoms in total. The van der Waals surface area contributed by atoms with Crippen molar-refractivity contribution in [1.82, 2.24) is 5.32 Å². The van der Waals surface area contributed by atoms with Gasteiger partial charge >= 0.3 is 0 Å². The Labute approximate surface area is 104 Å². The number of hydrogen-bond acceptors (Lipinski definition) is 1. The Bertz CT molecular complexity index is 437. The zero-order valence-electron chi connectivity index (χ0n) is 7.48. The summed E-state index contributed by atoms with van der Waals surface area (Å²) in [6.07, 6.45) is 0. The van der Waals surface area contributed by atoms with Crippen LogP contribution in [0.15, 0.2) is 22.7 Å². The first-order valence-electron chi connectivity index (χ1n) is 3.97. The zero-order valence-corrected chi connectivity index (χ0v) is 10.7. The van der Waals surface area contributed by atoms with Gasteiger partial charge < -0.3 is 5.32 Å². The number of halogens is 3. The van der Waals surface area contributed by atoms with Crippen LogP contribution < -0.4 is 5.32 Å². The monoisotopic (exact) mass is 333 g/mol. The Morgan fingerprint density at radius 1 is 1.53 bits per heavy atom.